The van der Waals surface area contributed by atoms with Gasteiger partial charge in [0.1, 0.15) is 12.4 Å². The highest BCUT2D eigenvalue weighted by Gasteiger charge is 2.12. The molecule has 0 spiro atoms. The monoisotopic (exact) mass is 276 g/mol. The van der Waals surface area contributed by atoms with Crippen LogP contribution in [0, 0.1) is 5.82 Å². The van der Waals surface area contributed by atoms with Gasteiger partial charge in [0.2, 0.25) is 0 Å². The van der Waals surface area contributed by atoms with Crippen LogP contribution >= 0.6 is 0 Å². The molecule has 2 aromatic carbocycles. The number of carboxylic acid groups (broad SMARTS) is 1. The summed E-state index contributed by atoms with van der Waals surface area (Å²) in [7, 11) is 1.52. The molecule has 4 nitrogen and oxygen atoms in total. The maximum atomic E-state index is 13.1. The second-order valence-electron chi connectivity index (χ2n) is 4.05. The van der Waals surface area contributed by atoms with Crippen molar-refractivity contribution < 1.29 is 23.8 Å². The third-order valence-electron chi connectivity index (χ3n) is 2.75. The first-order valence-electron chi connectivity index (χ1n) is 5.89. The van der Waals surface area contributed by atoms with Crippen molar-refractivity contribution in [2.45, 2.75) is 6.61 Å². The number of carboxylic acids is 1. The fraction of sp³-hybridized carbons (Fsp3) is 0.133. The molecule has 2 rings (SSSR count). The van der Waals surface area contributed by atoms with Crippen LogP contribution in [-0.4, -0.2) is 18.2 Å². The average molecular weight is 276 g/mol. The molecule has 0 heterocycles. The van der Waals surface area contributed by atoms with E-state index in [1.54, 1.807) is 24.3 Å². The summed E-state index contributed by atoms with van der Waals surface area (Å²) < 4.78 is 23.7. The average Bonchev–Trinajstić information content (AvgIpc) is 2.46. The summed E-state index contributed by atoms with van der Waals surface area (Å²) >= 11 is 0. The lowest BCUT2D eigenvalue weighted by molar-refractivity contribution is 0.0693. The second kappa shape index (κ2) is 6.06. The minimum atomic E-state index is -1.19. The van der Waals surface area contributed by atoms with Gasteiger partial charge in [-0.05, 0) is 24.3 Å². The highest BCUT2D eigenvalue weighted by molar-refractivity contribution is 5.89. The molecular formula is C15H13FO4. The molecule has 0 bridgehead atoms. The Morgan fingerprint density at radius 2 is 1.90 bits per heavy atom. The zero-order chi connectivity index (χ0) is 14.5. The normalized spacial score (nSPS) is 10.1. The zero-order valence-electron chi connectivity index (χ0n) is 10.8. The highest BCUT2D eigenvalue weighted by atomic mass is 19.1. The summed E-state index contributed by atoms with van der Waals surface area (Å²) in [6.07, 6.45) is 0. The van der Waals surface area contributed by atoms with Crippen LogP contribution < -0.4 is 9.47 Å². The number of benzene rings is 2. The van der Waals surface area contributed by atoms with Crippen molar-refractivity contribution in [1.29, 1.82) is 0 Å². The molecule has 0 unspecified atom stereocenters. The smallest absolute Gasteiger partial charge is 0.336 e. The van der Waals surface area contributed by atoms with Gasteiger partial charge in [-0.25, -0.2) is 9.18 Å². The molecule has 0 fully saturated rings. The molecule has 0 aliphatic carbocycles. The summed E-state index contributed by atoms with van der Waals surface area (Å²) in [5, 5.41) is 9.04. The van der Waals surface area contributed by atoms with Crippen LogP contribution in [0.1, 0.15) is 15.9 Å². The number of carbonyl (C=O) groups is 1. The molecule has 0 amide bonds. The summed E-state index contributed by atoms with van der Waals surface area (Å²) in [4.78, 5) is 11.1. The Morgan fingerprint density at radius 1 is 1.20 bits per heavy atom. The summed E-state index contributed by atoms with van der Waals surface area (Å²) in [6.45, 7) is 0.0162. The topological polar surface area (TPSA) is 55.8 Å². The van der Waals surface area contributed by atoms with Crippen LogP contribution in [0.3, 0.4) is 0 Å². The Labute approximate surface area is 115 Å². The van der Waals surface area contributed by atoms with Gasteiger partial charge >= 0.3 is 5.97 Å². The van der Waals surface area contributed by atoms with Crippen molar-refractivity contribution in [3.8, 4) is 11.5 Å². The zero-order valence-corrected chi connectivity index (χ0v) is 10.8. The molecule has 2 aromatic rings. The van der Waals surface area contributed by atoms with E-state index in [0.717, 1.165) is 6.07 Å². The van der Waals surface area contributed by atoms with Gasteiger partial charge in [-0.2, -0.15) is 0 Å². The standard InChI is InChI=1S/C15H13FO4/c1-19-13-4-2-3-5-14(13)20-9-10-6-7-11(16)8-12(10)15(17)18/h2-8H,9H2,1H3,(H,17,18). The highest BCUT2D eigenvalue weighted by Crippen LogP contribution is 2.27. The Bertz CT molecular complexity index is 625. The Hall–Kier alpha value is -2.56. The van der Waals surface area contributed by atoms with Crippen molar-refractivity contribution >= 4 is 5.97 Å². The first-order chi connectivity index (χ1) is 9.61. The third-order valence-corrected chi connectivity index (χ3v) is 2.75. The van der Waals surface area contributed by atoms with Crippen molar-refractivity contribution in [3.05, 3.63) is 59.4 Å². The lowest BCUT2D eigenvalue weighted by atomic mass is 10.1. The summed E-state index contributed by atoms with van der Waals surface area (Å²) in [5.74, 6) is -0.742. The van der Waals surface area contributed by atoms with Gasteiger partial charge < -0.3 is 14.6 Å². The van der Waals surface area contributed by atoms with Crippen molar-refractivity contribution in [3.63, 3.8) is 0 Å². The van der Waals surface area contributed by atoms with E-state index in [-0.39, 0.29) is 12.2 Å². The van der Waals surface area contributed by atoms with E-state index < -0.39 is 11.8 Å². The molecule has 0 aromatic heterocycles. The van der Waals surface area contributed by atoms with E-state index in [0.29, 0.717) is 17.1 Å². The van der Waals surface area contributed by atoms with Gasteiger partial charge in [-0.1, -0.05) is 18.2 Å². The molecule has 1 N–H and O–H groups in total. The molecule has 0 aliphatic rings. The molecule has 104 valence electrons. The van der Waals surface area contributed by atoms with E-state index in [1.165, 1.54) is 19.2 Å². The largest absolute Gasteiger partial charge is 0.493 e. The molecule has 5 heteroatoms. The fourth-order valence-electron chi connectivity index (χ4n) is 1.77. The molecule has 0 saturated carbocycles. The van der Waals surface area contributed by atoms with E-state index in [9.17, 15) is 9.18 Å². The van der Waals surface area contributed by atoms with Crippen LogP contribution in [0.4, 0.5) is 4.39 Å². The number of hydrogen-bond donors (Lipinski definition) is 1. The number of aromatic carboxylic acids is 1. The van der Waals surface area contributed by atoms with Gasteiger partial charge in [-0.3, -0.25) is 0 Å². The minimum Gasteiger partial charge on any atom is -0.493 e. The lowest BCUT2D eigenvalue weighted by Crippen LogP contribution is -2.06. The number of rotatable bonds is 5. The van der Waals surface area contributed by atoms with Crippen molar-refractivity contribution in [2.24, 2.45) is 0 Å². The number of ether oxygens (including phenoxy) is 2. The molecule has 0 aliphatic heterocycles. The summed E-state index contributed by atoms with van der Waals surface area (Å²) in [6, 6.07) is 10.6. The number of halogens is 1. The second-order valence-corrected chi connectivity index (χ2v) is 4.05. The first-order valence-corrected chi connectivity index (χ1v) is 5.89. The van der Waals surface area contributed by atoms with Crippen LogP contribution in [0.15, 0.2) is 42.5 Å². The molecule has 0 atom stereocenters. The van der Waals surface area contributed by atoms with Crippen LogP contribution in [0.25, 0.3) is 0 Å². The van der Waals surface area contributed by atoms with Gasteiger partial charge in [-0.15, -0.1) is 0 Å². The quantitative estimate of drug-likeness (QED) is 0.911. The lowest BCUT2D eigenvalue weighted by Gasteiger charge is -2.11. The molecule has 0 saturated heterocycles. The fourth-order valence-corrected chi connectivity index (χ4v) is 1.77. The third kappa shape index (κ3) is 3.06. The Kier molecular flexibility index (Phi) is 4.20. The van der Waals surface area contributed by atoms with E-state index in [4.69, 9.17) is 14.6 Å². The van der Waals surface area contributed by atoms with Crippen molar-refractivity contribution in [2.75, 3.05) is 7.11 Å². The van der Waals surface area contributed by atoms with Gasteiger partial charge in [0.05, 0.1) is 12.7 Å². The molecule has 0 radical (unpaired) electrons. The van der Waals surface area contributed by atoms with Gasteiger partial charge in [0.25, 0.3) is 0 Å². The maximum absolute atomic E-state index is 13.1. The first kappa shape index (κ1) is 13.9. The van der Waals surface area contributed by atoms with E-state index in [1.807, 2.05) is 0 Å². The van der Waals surface area contributed by atoms with Crippen LogP contribution in [-0.2, 0) is 6.61 Å². The number of hydrogen-bond acceptors (Lipinski definition) is 3. The van der Waals surface area contributed by atoms with E-state index >= 15 is 0 Å². The Morgan fingerprint density at radius 3 is 2.55 bits per heavy atom. The Balaban J connectivity index is 2.21. The predicted molar refractivity (Wildman–Crippen MR) is 70.7 cm³/mol. The van der Waals surface area contributed by atoms with Gasteiger partial charge in [0.15, 0.2) is 11.5 Å². The van der Waals surface area contributed by atoms with Gasteiger partial charge in [0, 0.05) is 5.56 Å². The van der Waals surface area contributed by atoms with E-state index in [2.05, 4.69) is 0 Å². The SMILES string of the molecule is COc1ccccc1OCc1ccc(F)cc1C(=O)O. The molecular weight excluding hydrogens is 263 g/mol. The minimum absolute atomic E-state index is 0.0162. The summed E-state index contributed by atoms with van der Waals surface area (Å²) in [5.41, 5.74) is 0.282. The predicted octanol–water partition coefficient (Wildman–Crippen LogP) is 3.11. The van der Waals surface area contributed by atoms with Crippen LogP contribution in [0.5, 0.6) is 11.5 Å². The number of para-hydroxylation sites is 2. The van der Waals surface area contributed by atoms with Crippen LogP contribution in [0.2, 0.25) is 0 Å². The molecule has 20 heavy (non-hydrogen) atoms. The maximum Gasteiger partial charge on any atom is 0.336 e. The number of methoxy groups -OCH3 is 1. The van der Waals surface area contributed by atoms with Crippen molar-refractivity contribution in [1.82, 2.24) is 0 Å².